The van der Waals surface area contributed by atoms with Crippen LogP contribution in [0.25, 0.3) is 0 Å². The second-order valence-electron chi connectivity index (χ2n) is 5.70. The summed E-state index contributed by atoms with van der Waals surface area (Å²) < 4.78 is 0. The van der Waals surface area contributed by atoms with Gasteiger partial charge in [-0.05, 0) is 25.2 Å². The quantitative estimate of drug-likeness (QED) is 0.641. The Morgan fingerprint density at radius 1 is 0.824 bits per heavy atom. The minimum absolute atomic E-state index is 0.530. The van der Waals surface area contributed by atoms with E-state index in [-0.39, 0.29) is 0 Å². The van der Waals surface area contributed by atoms with Crippen LogP contribution < -0.4 is 0 Å². The van der Waals surface area contributed by atoms with Crippen molar-refractivity contribution in [2.75, 3.05) is 6.54 Å². The Morgan fingerprint density at radius 2 is 1.47 bits per heavy atom. The topological polar surface area (TPSA) is 24.7 Å². The Labute approximate surface area is 106 Å². The zero-order valence-corrected chi connectivity index (χ0v) is 11.0. The number of aliphatic imine (C=N–C) groups is 2. The summed E-state index contributed by atoms with van der Waals surface area (Å²) in [4.78, 5) is 8.79. The van der Waals surface area contributed by atoms with Gasteiger partial charge in [-0.25, -0.2) is 9.98 Å². The highest BCUT2D eigenvalue weighted by Gasteiger charge is 2.12. The lowest BCUT2D eigenvalue weighted by molar-refractivity contribution is 0.343. The summed E-state index contributed by atoms with van der Waals surface area (Å²) in [6, 6.07) is 3.47. The van der Waals surface area contributed by atoms with Crippen molar-refractivity contribution in [1.29, 1.82) is 0 Å². The van der Waals surface area contributed by atoms with Crippen LogP contribution in [0.1, 0.15) is 70.6 Å². The van der Waals surface area contributed by atoms with Crippen molar-refractivity contribution in [2.24, 2.45) is 15.9 Å². The fourth-order valence-electron chi connectivity index (χ4n) is 3.11. The Bertz CT molecular complexity index is 254. The van der Waals surface area contributed by atoms with Crippen molar-refractivity contribution in [1.82, 2.24) is 0 Å². The van der Waals surface area contributed by atoms with E-state index in [1.807, 2.05) is 0 Å². The maximum Gasteiger partial charge on any atom is 0.0895 e. The summed E-state index contributed by atoms with van der Waals surface area (Å²) in [5, 5.41) is 0. The van der Waals surface area contributed by atoms with Gasteiger partial charge in [0.25, 0.3) is 0 Å². The first-order chi connectivity index (χ1) is 8.45. The molecule has 0 radical (unpaired) electrons. The lowest BCUT2D eigenvalue weighted by Crippen LogP contribution is -2.09. The average Bonchev–Trinajstić information content (AvgIpc) is 2.41. The molecule has 0 unspecified atom stereocenters. The van der Waals surface area contributed by atoms with Gasteiger partial charge in [-0.1, -0.05) is 51.4 Å². The highest BCUT2D eigenvalue weighted by Crippen LogP contribution is 2.26. The van der Waals surface area contributed by atoms with E-state index in [1.165, 1.54) is 70.6 Å². The number of hydrogen-bond acceptors (Lipinski definition) is 2. The van der Waals surface area contributed by atoms with Crippen LogP contribution in [0.15, 0.2) is 9.98 Å². The van der Waals surface area contributed by atoms with Gasteiger partial charge in [0.1, 0.15) is 0 Å². The van der Waals surface area contributed by atoms with E-state index in [9.17, 15) is 0 Å². The smallest absolute Gasteiger partial charge is 0.0895 e. The molecule has 2 aliphatic rings. The van der Waals surface area contributed by atoms with Crippen molar-refractivity contribution < 1.29 is 0 Å². The first-order valence-corrected chi connectivity index (χ1v) is 7.56. The maximum atomic E-state index is 4.45. The molecule has 0 aromatic rings. The number of hydrogen-bond donors (Lipinski definition) is 0. The van der Waals surface area contributed by atoms with Crippen molar-refractivity contribution in [3.8, 4) is 0 Å². The van der Waals surface area contributed by atoms with Crippen molar-refractivity contribution in [3.05, 3.63) is 0 Å². The highest BCUT2D eigenvalue weighted by atomic mass is 14.8. The Morgan fingerprint density at radius 3 is 2.18 bits per heavy atom. The van der Waals surface area contributed by atoms with Crippen LogP contribution in [0, 0.1) is 5.92 Å². The predicted octanol–water partition coefficient (Wildman–Crippen LogP) is 4.46. The minimum atomic E-state index is 0.530. The molecule has 0 N–H and O–H groups in total. The fraction of sp³-hybridized carbons (Fsp3) is 0.933. The van der Waals surface area contributed by atoms with E-state index in [0.717, 1.165) is 12.5 Å². The van der Waals surface area contributed by atoms with Gasteiger partial charge in [-0.3, -0.25) is 0 Å². The molecule has 96 valence electrons. The van der Waals surface area contributed by atoms with E-state index in [2.05, 4.69) is 16.0 Å². The molecule has 0 heterocycles. The van der Waals surface area contributed by atoms with Crippen LogP contribution in [0.3, 0.4) is 0 Å². The normalized spacial score (nSPS) is 23.1. The van der Waals surface area contributed by atoms with Gasteiger partial charge in [0.15, 0.2) is 0 Å². The van der Waals surface area contributed by atoms with Crippen LogP contribution >= 0.6 is 0 Å². The van der Waals surface area contributed by atoms with E-state index in [0.29, 0.717) is 6.04 Å². The molecule has 0 aromatic carbocycles. The summed E-state index contributed by atoms with van der Waals surface area (Å²) in [5.74, 6) is 0.934. The maximum absolute atomic E-state index is 4.45. The third kappa shape index (κ3) is 5.04. The van der Waals surface area contributed by atoms with E-state index in [1.54, 1.807) is 0 Å². The Kier molecular flexibility index (Phi) is 5.78. The van der Waals surface area contributed by atoms with E-state index < -0.39 is 0 Å². The molecule has 0 aliphatic heterocycles. The van der Waals surface area contributed by atoms with Crippen LogP contribution in [0.5, 0.6) is 0 Å². The molecule has 17 heavy (non-hydrogen) atoms. The molecular weight excluding hydrogens is 208 g/mol. The molecule has 0 saturated heterocycles. The van der Waals surface area contributed by atoms with Gasteiger partial charge in [-0.15, -0.1) is 0 Å². The highest BCUT2D eigenvalue weighted by molar-refractivity contribution is 5.41. The first-order valence-electron chi connectivity index (χ1n) is 7.56. The van der Waals surface area contributed by atoms with E-state index >= 15 is 0 Å². The second kappa shape index (κ2) is 7.66. The molecule has 0 spiro atoms. The predicted molar refractivity (Wildman–Crippen MR) is 72.8 cm³/mol. The number of nitrogens with zero attached hydrogens (tertiary/aromatic N) is 2. The van der Waals surface area contributed by atoms with Crippen LogP contribution in [0.2, 0.25) is 0 Å². The van der Waals surface area contributed by atoms with Gasteiger partial charge in [0.2, 0.25) is 0 Å². The van der Waals surface area contributed by atoms with Gasteiger partial charge < -0.3 is 0 Å². The molecule has 2 nitrogen and oxygen atoms in total. The summed E-state index contributed by atoms with van der Waals surface area (Å²) >= 11 is 0. The van der Waals surface area contributed by atoms with Gasteiger partial charge in [0, 0.05) is 0 Å². The van der Waals surface area contributed by atoms with E-state index in [4.69, 9.17) is 0 Å². The summed E-state index contributed by atoms with van der Waals surface area (Å²) in [5.41, 5.74) is 0. The molecule has 2 saturated carbocycles. The molecule has 2 aliphatic carbocycles. The van der Waals surface area contributed by atoms with Gasteiger partial charge in [-0.2, -0.15) is 0 Å². The monoisotopic (exact) mass is 234 g/mol. The largest absolute Gasteiger partial charge is 0.226 e. The Balaban J connectivity index is 1.61. The molecule has 0 bridgehead atoms. The molecule has 2 rings (SSSR count). The number of rotatable bonds is 4. The van der Waals surface area contributed by atoms with Crippen LogP contribution in [0.4, 0.5) is 0 Å². The lowest BCUT2D eigenvalue weighted by Gasteiger charge is -2.20. The van der Waals surface area contributed by atoms with Crippen molar-refractivity contribution in [2.45, 2.75) is 76.7 Å². The third-order valence-electron chi connectivity index (χ3n) is 4.26. The first kappa shape index (κ1) is 12.8. The second-order valence-corrected chi connectivity index (χ2v) is 5.70. The van der Waals surface area contributed by atoms with Gasteiger partial charge >= 0.3 is 0 Å². The molecule has 2 fully saturated rings. The SMILES string of the molecule is C(=NCCC1CCCCC1)=NC1CCCCC1. The van der Waals surface area contributed by atoms with Crippen molar-refractivity contribution >= 4 is 6.01 Å². The third-order valence-corrected chi connectivity index (χ3v) is 4.26. The molecule has 0 aromatic heterocycles. The summed E-state index contributed by atoms with van der Waals surface area (Å²) in [6.07, 6.45) is 15.0. The lowest BCUT2D eigenvalue weighted by atomic mass is 9.87. The average molecular weight is 234 g/mol. The Hall–Kier alpha value is -0.620. The summed E-state index contributed by atoms with van der Waals surface area (Å²) in [6.45, 7) is 0.945. The molecule has 0 atom stereocenters. The van der Waals surface area contributed by atoms with Gasteiger partial charge in [0.05, 0.1) is 18.6 Å². The summed E-state index contributed by atoms with van der Waals surface area (Å²) in [7, 11) is 0. The molecule has 2 heteroatoms. The minimum Gasteiger partial charge on any atom is -0.226 e. The fourth-order valence-corrected chi connectivity index (χ4v) is 3.11. The van der Waals surface area contributed by atoms with Crippen LogP contribution in [-0.2, 0) is 0 Å². The van der Waals surface area contributed by atoms with Crippen LogP contribution in [-0.4, -0.2) is 18.6 Å². The zero-order valence-electron chi connectivity index (χ0n) is 11.0. The zero-order chi connectivity index (χ0) is 11.8. The standard InChI is InChI=1S/C15H26N2/c1-3-7-14(8-4-1)11-12-16-13-17-15-9-5-2-6-10-15/h14-15H,1-12H2. The molecular formula is C15H26N2. The van der Waals surface area contributed by atoms with Crippen molar-refractivity contribution in [3.63, 3.8) is 0 Å². The molecule has 0 amide bonds.